The van der Waals surface area contributed by atoms with Crippen LogP contribution in [0.4, 0.5) is 8.78 Å². The molecule has 0 saturated heterocycles. The van der Waals surface area contributed by atoms with Gasteiger partial charge in [-0.15, -0.1) is 0 Å². The van der Waals surface area contributed by atoms with Crippen molar-refractivity contribution in [3.8, 4) is 6.07 Å². The van der Waals surface area contributed by atoms with Gasteiger partial charge in [0.25, 0.3) is 5.91 Å². The SMILES string of the molecule is C[C@H](NC(=O)/C(C#N)=C/c1c(F)ccc(Cl)c1F)c1ccccc1. The molecule has 1 N–H and O–H groups in total. The van der Waals surface area contributed by atoms with E-state index in [0.717, 1.165) is 23.8 Å². The summed E-state index contributed by atoms with van der Waals surface area (Å²) in [5.41, 5.74) is -0.109. The number of halogens is 3. The molecule has 0 heterocycles. The molecule has 2 aromatic rings. The van der Waals surface area contributed by atoms with Gasteiger partial charge in [-0.05, 0) is 30.7 Å². The maximum atomic E-state index is 13.9. The van der Waals surface area contributed by atoms with Gasteiger partial charge in [-0.25, -0.2) is 8.78 Å². The highest BCUT2D eigenvalue weighted by Crippen LogP contribution is 2.23. The molecule has 0 bridgehead atoms. The van der Waals surface area contributed by atoms with Crippen molar-refractivity contribution in [2.24, 2.45) is 0 Å². The number of nitriles is 1. The molecule has 3 nitrogen and oxygen atoms in total. The van der Waals surface area contributed by atoms with E-state index in [4.69, 9.17) is 16.9 Å². The van der Waals surface area contributed by atoms with E-state index >= 15 is 0 Å². The second-order valence-electron chi connectivity index (χ2n) is 5.03. The number of amides is 1. The lowest BCUT2D eigenvalue weighted by Gasteiger charge is -2.13. The number of nitrogens with zero attached hydrogens (tertiary/aromatic N) is 1. The molecular formula is C18H13ClF2N2O. The van der Waals surface area contributed by atoms with E-state index in [-0.39, 0.29) is 11.1 Å². The van der Waals surface area contributed by atoms with Gasteiger partial charge in [0, 0.05) is 5.56 Å². The zero-order valence-corrected chi connectivity index (χ0v) is 13.4. The summed E-state index contributed by atoms with van der Waals surface area (Å²) in [6.07, 6.45) is 0.851. The Hall–Kier alpha value is -2.71. The number of hydrogen-bond donors (Lipinski definition) is 1. The highest BCUT2D eigenvalue weighted by Gasteiger charge is 2.17. The third kappa shape index (κ3) is 3.98. The van der Waals surface area contributed by atoms with Crippen LogP contribution < -0.4 is 5.32 Å². The van der Waals surface area contributed by atoms with Crippen LogP contribution in [0.15, 0.2) is 48.0 Å². The summed E-state index contributed by atoms with van der Waals surface area (Å²) >= 11 is 5.60. The molecule has 2 rings (SSSR count). The van der Waals surface area contributed by atoms with Crippen molar-refractivity contribution < 1.29 is 13.6 Å². The van der Waals surface area contributed by atoms with Crippen molar-refractivity contribution in [3.63, 3.8) is 0 Å². The van der Waals surface area contributed by atoms with E-state index in [2.05, 4.69) is 5.32 Å². The zero-order valence-electron chi connectivity index (χ0n) is 12.7. The Labute approximate surface area is 143 Å². The third-order valence-electron chi connectivity index (χ3n) is 3.38. The fraction of sp³-hybridized carbons (Fsp3) is 0.111. The molecule has 122 valence electrons. The molecule has 0 unspecified atom stereocenters. The van der Waals surface area contributed by atoms with Crippen LogP contribution in [-0.2, 0) is 4.79 Å². The molecule has 0 radical (unpaired) electrons. The monoisotopic (exact) mass is 346 g/mol. The van der Waals surface area contributed by atoms with E-state index < -0.39 is 28.7 Å². The summed E-state index contributed by atoms with van der Waals surface area (Å²) in [6.45, 7) is 1.74. The van der Waals surface area contributed by atoms with Crippen LogP contribution in [0, 0.1) is 23.0 Å². The van der Waals surface area contributed by atoms with Crippen molar-refractivity contribution in [1.82, 2.24) is 5.32 Å². The highest BCUT2D eigenvalue weighted by atomic mass is 35.5. The molecule has 1 atom stereocenters. The number of carbonyl (C=O) groups is 1. The fourth-order valence-corrected chi connectivity index (χ4v) is 2.23. The Balaban J connectivity index is 2.27. The van der Waals surface area contributed by atoms with E-state index in [1.165, 1.54) is 0 Å². The second-order valence-corrected chi connectivity index (χ2v) is 5.44. The second kappa shape index (κ2) is 7.71. The van der Waals surface area contributed by atoms with Gasteiger partial charge in [0.05, 0.1) is 11.1 Å². The molecule has 2 aromatic carbocycles. The Bertz CT molecular complexity index is 829. The number of nitrogens with one attached hydrogen (secondary N) is 1. The molecule has 0 aliphatic heterocycles. The van der Waals surface area contributed by atoms with Crippen LogP contribution >= 0.6 is 11.6 Å². The maximum absolute atomic E-state index is 13.9. The average molecular weight is 347 g/mol. The van der Waals surface area contributed by atoms with E-state index in [0.29, 0.717) is 0 Å². The number of carbonyl (C=O) groups excluding carboxylic acids is 1. The number of rotatable bonds is 4. The lowest BCUT2D eigenvalue weighted by molar-refractivity contribution is -0.117. The Morgan fingerprint density at radius 2 is 1.92 bits per heavy atom. The molecule has 24 heavy (non-hydrogen) atoms. The normalized spacial score (nSPS) is 12.4. The van der Waals surface area contributed by atoms with Gasteiger partial charge in [0.15, 0.2) is 5.82 Å². The van der Waals surface area contributed by atoms with Gasteiger partial charge in [-0.1, -0.05) is 41.9 Å². The molecule has 0 aromatic heterocycles. The van der Waals surface area contributed by atoms with Crippen LogP contribution in [0.2, 0.25) is 5.02 Å². The average Bonchev–Trinajstić information content (AvgIpc) is 2.59. The Morgan fingerprint density at radius 1 is 1.25 bits per heavy atom. The molecule has 6 heteroatoms. The highest BCUT2D eigenvalue weighted by molar-refractivity contribution is 6.30. The summed E-state index contributed by atoms with van der Waals surface area (Å²) in [7, 11) is 0. The van der Waals surface area contributed by atoms with Gasteiger partial charge in [-0.2, -0.15) is 5.26 Å². The van der Waals surface area contributed by atoms with Crippen molar-refractivity contribution >= 4 is 23.6 Å². The predicted octanol–water partition coefficient (Wildman–Crippen LogP) is 4.40. The minimum Gasteiger partial charge on any atom is -0.345 e. The molecule has 1 amide bonds. The molecule has 0 spiro atoms. The molecule has 0 aliphatic carbocycles. The Morgan fingerprint density at radius 3 is 2.54 bits per heavy atom. The number of hydrogen-bond acceptors (Lipinski definition) is 2. The van der Waals surface area contributed by atoms with Crippen LogP contribution in [0.1, 0.15) is 24.1 Å². The lowest BCUT2D eigenvalue weighted by atomic mass is 10.1. The van der Waals surface area contributed by atoms with Gasteiger partial charge < -0.3 is 5.32 Å². The van der Waals surface area contributed by atoms with E-state index in [1.807, 2.05) is 30.3 Å². The van der Waals surface area contributed by atoms with Crippen LogP contribution in [-0.4, -0.2) is 5.91 Å². The minimum atomic E-state index is -1.02. The first-order valence-corrected chi connectivity index (χ1v) is 7.43. The number of benzene rings is 2. The summed E-state index contributed by atoms with van der Waals surface area (Å²) in [6, 6.07) is 12.4. The maximum Gasteiger partial charge on any atom is 0.262 e. The minimum absolute atomic E-state index is 0.294. The zero-order chi connectivity index (χ0) is 17.7. The fourth-order valence-electron chi connectivity index (χ4n) is 2.07. The van der Waals surface area contributed by atoms with Crippen LogP contribution in [0.3, 0.4) is 0 Å². The summed E-state index contributed by atoms with van der Waals surface area (Å²) in [5, 5.41) is 11.5. The molecular weight excluding hydrogens is 334 g/mol. The van der Waals surface area contributed by atoms with Crippen molar-refractivity contribution in [3.05, 3.63) is 75.8 Å². The molecule has 0 aliphatic rings. The van der Waals surface area contributed by atoms with Crippen molar-refractivity contribution in [2.45, 2.75) is 13.0 Å². The van der Waals surface area contributed by atoms with Crippen LogP contribution in [0.5, 0.6) is 0 Å². The van der Waals surface area contributed by atoms with Crippen molar-refractivity contribution in [2.75, 3.05) is 0 Å². The first kappa shape index (κ1) is 17.6. The Kier molecular flexibility index (Phi) is 5.67. The smallest absolute Gasteiger partial charge is 0.262 e. The molecule has 0 saturated carbocycles. The summed E-state index contributed by atoms with van der Waals surface area (Å²) in [5.74, 6) is -2.66. The topological polar surface area (TPSA) is 52.9 Å². The molecule has 0 fully saturated rings. The quantitative estimate of drug-likeness (QED) is 0.506. The third-order valence-corrected chi connectivity index (χ3v) is 3.67. The predicted molar refractivity (Wildman–Crippen MR) is 88.0 cm³/mol. The van der Waals surface area contributed by atoms with Gasteiger partial charge in [0.1, 0.15) is 17.5 Å². The summed E-state index contributed by atoms with van der Waals surface area (Å²) < 4.78 is 27.6. The van der Waals surface area contributed by atoms with E-state index in [1.54, 1.807) is 13.0 Å². The van der Waals surface area contributed by atoms with Crippen LogP contribution in [0.25, 0.3) is 6.08 Å². The van der Waals surface area contributed by atoms with Gasteiger partial charge in [-0.3, -0.25) is 4.79 Å². The van der Waals surface area contributed by atoms with Crippen molar-refractivity contribution in [1.29, 1.82) is 5.26 Å². The van der Waals surface area contributed by atoms with E-state index in [9.17, 15) is 13.6 Å². The first-order chi connectivity index (χ1) is 11.4. The van der Waals surface area contributed by atoms with Gasteiger partial charge in [0.2, 0.25) is 0 Å². The first-order valence-electron chi connectivity index (χ1n) is 7.05. The largest absolute Gasteiger partial charge is 0.345 e. The lowest BCUT2D eigenvalue weighted by Crippen LogP contribution is -2.27. The van der Waals surface area contributed by atoms with Gasteiger partial charge >= 0.3 is 0 Å². The summed E-state index contributed by atoms with van der Waals surface area (Å²) in [4.78, 5) is 12.2. The standard InChI is InChI=1S/C18H13ClF2N2O/c1-11(12-5-3-2-4-6-12)23-18(24)13(10-22)9-14-16(20)8-7-15(19)17(14)21/h2-9,11H,1H3,(H,23,24)/b13-9+/t11-/m0/s1.